The molecule has 0 aromatic carbocycles. The highest BCUT2D eigenvalue weighted by Crippen LogP contribution is 2.28. The standard InChI is InChI=1S/C16H17N5O2/c1-9-10(2)23-16-13(9)14(18-8-19-16)20-15(22)12-7-11(21(3)4)5-6-17-12/h5-8H,1-4H3,(H,18,19,20,22). The van der Waals surface area contributed by atoms with Crippen molar-refractivity contribution in [3.05, 3.63) is 41.7 Å². The van der Waals surface area contributed by atoms with Crippen LogP contribution < -0.4 is 10.2 Å². The molecule has 0 saturated carbocycles. The maximum atomic E-state index is 12.5. The van der Waals surface area contributed by atoms with Crippen molar-refractivity contribution in [2.24, 2.45) is 0 Å². The van der Waals surface area contributed by atoms with Crippen LogP contribution in [0, 0.1) is 13.8 Å². The molecule has 3 heterocycles. The summed E-state index contributed by atoms with van der Waals surface area (Å²) in [7, 11) is 3.81. The molecule has 0 atom stereocenters. The quantitative estimate of drug-likeness (QED) is 0.800. The zero-order valence-corrected chi connectivity index (χ0v) is 13.4. The average molecular weight is 311 g/mol. The smallest absolute Gasteiger partial charge is 0.275 e. The van der Waals surface area contributed by atoms with Crippen LogP contribution in [-0.2, 0) is 0 Å². The number of carbonyl (C=O) groups excluding carboxylic acids is 1. The minimum atomic E-state index is -0.327. The molecule has 23 heavy (non-hydrogen) atoms. The number of furan rings is 1. The third kappa shape index (κ3) is 2.73. The zero-order valence-electron chi connectivity index (χ0n) is 13.4. The molecule has 3 aromatic heterocycles. The molecule has 0 aliphatic rings. The van der Waals surface area contributed by atoms with E-state index in [2.05, 4.69) is 20.3 Å². The molecule has 7 heteroatoms. The molecule has 0 fully saturated rings. The molecule has 0 radical (unpaired) electrons. The van der Waals surface area contributed by atoms with E-state index in [9.17, 15) is 4.79 Å². The molecule has 0 unspecified atom stereocenters. The predicted molar refractivity (Wildman–Crippen MR) is 87.8 cm³/mol. The van der Waals surface area contributed by atoms with Gasteiger partial charge in [-0.2, -0.15) is 0 Å². The Kier molecular flexibility index (Phi) is 3.69. The van der Waals surface area contributed by atoms with Crippen LogP contribution in [0.3, 0.4) is 0 Å². The van der Waals surface area contributed by atoms with E-state index in [1.807, 2.05) is 38.9 Å². The number of aromatic nitrogens is 3. The second-order valence-electron chi connectivity index (χ2n) is 5.43. The van der Waals surface area contributed by atoms with E-state index in [1.54, 1.807) is 12.3 Å². The summed E-state index contributed by atoms with van der Waals surface area (Å²) in [6.07, 6.45) is 2.97. The number of pyridine rings is 1. The molecular weight excluding hydrogens is 294 g/mol. The minimum Gasteiger partial charge on any atom is -0.443 e. The zero-order chi connectivity index (χ0) is 16.6. The summed E-state index contributed by atoms with van der Waals surface area (Å²) < 4.78 is 5.55. The van der Waals surface area contributed by atoms with Crippen molar-refractivity contribution in [1.82, 2.24) is 15.0 Å². The summed E-state index contributed by atoms with van der Waals surface area (Å²) >= 11 is 0. The van der Waals surface area contributed by atoms with E-state index in [0.29, 0.717) is 22.6 Å². The Morgan fingerprint density at radius 2 is 2.00 bits per heavy atom. The van der Waals surface area contributed by atoms with Gasteiger partial charge in [0.25, 0.3) is 5.91 Å². The van der Waals surface area contributed by atoms with Crippen LogP contribution in [0.15, 0.2) is 29.1 Å². The molecule has 1 N–H and O–H groups in total. The number of fused-ring (bicyclic) bond motifs is 1. The molecule has 0 aliphatic carbocycles. The lowest BCUT2D eigenvalue weighted by molar-refractivity contribution is 0.102. The van der Waals surface area contributed by atoms with E-state index in [0.717, 1.165) is 17.0 Å². The maximum Gasteiger partial charge on any atom is 0.275 e. The van der Waals surface area contributed by atoms with Gasteiger partial charge in [-0.25, -0.2) is 9.97 Å². The van der Waals surface area contributed by atoms with Crippen molar-refractivity contribution in [2.75, 3.05) is 24.3 Å². The van der Waals surface area contributed by atoms with E-state index < -0.39 is 0 Å². The number of hydrogen-bond donors (Lipinski definition) is 1. The van der Waals surface area contributed by atoms with Crippen LogP contribution in [-0.4, -0.2) is 35.0 Å². The lowest BCUT2D eigenvalue weighted by atomic mass is 10.2. The SMILES string of the molecule is Cc1oc2ncnc(NC(=O)c3cc(N(C)C)ccn3)c2c1C. The van der Waals surface area contributed by atoms with E-state index in [1.165, 1.54) is 6.33 Å². The van der Waals surface area contributed by atoms with E-state index in [4.69, 9.17) is 4.42 Å². The molecule has 3 aromatic rings. The number of rotatable bonds is 3. The molecule has 7 nitrogen and oxygen atoms in total. The fourth-order valence-electron chi connectivity index (χ4n) is 2.27. The summed E-state index contributed by atoms with van der Waals surface area (Å²) in [5.74, 6) is 0.849. The molecule has 0 saturated heterocycles. The number of hydrogen-bond acceptors (Lipinski definition) is 6. The largest absolute Gasteiger partial charge is 0.443 e. The first-order valence-corrected chi connectivity index (χ1v) is 7.13. The molecule has 3 rings (SSSR count). The Balaban J connectivity index is 1.96. The first kappa shape index (κ1) is 15.0. The van der Waals surface area contributed by atoms with Gasteiger partial charge < -0.3 is 14.6 Å². The van der Waals surface area contributed by atoms with Crippen molar-refractivity contribution in [3.63, 3.8) is 0 Å². The summed E-state index contributed by atoms with van der Waals surface area (Å²) in [4.78, 5) is 26.7. The van der Waals surface area contributed by atoms with Crippen LogP contribution in [0.4, 0.5) is 11.5 Å². The number of aryl methyl sites for hydroxylation is 2. The molecular formula is C16H17N5O2. The number of nitrogens with one attached hydrogen (secondary N) is 1. The summed E-state index contributed by atoms with van der Waals surface area (Å²) in [5, 5.41) is 3.50. The minimum absolute atomic E-state index is 0.320. The number of anilines is 2. The fraction of sp³-hybridized carbons (Fsp3) is 0.250. The lowest BCUT2D eigenvalue weighted by Crippen LogP contribution is -2.16. The summed E-state index contributed by atoms with van der Waals surface area (Å²) in [6.45, 7) is 3.76. The van der Waals surface area contributed by atoms with E-state index >= 15 is 0 Å². The third-order valence-corrected chi connectivity index (χ3v) is 3.69. The van der Waals surface area contributed by atoms with Gasteiger partial charge in [-0.15, -0.1) is 0 Å². The van der Waals surface area contributed by atoms with Crippen LogP contribution >= 0.6 is 0 Å². The first-order valence-electron chi connectivity index (χ1n) is 7.13. The maximum absolute atomic E-state index is 12.5. The third-order valence-electron chi connectivity index (χ3n) is 3.69. The van der Waals surface area contributed by atoms with Crippen molar-refractivity contribution in [3.8, 4) is 0 Å². The van der Waals surface area contributed by atoms with Crippen molar-refractivity contribution in [1.29, 1.82) is 0 Å². The van der Waals surface area contributed by atoms with Gasteiger partial charge in [-0.1, -0.05) is 0 Å². The molecule has 0 spiro atoms. The highest BCUT2D eigenvalue weighted by molar-refractivity contribution is 6.07. The van der Waals surface area contributed by atoms with Gasteiger partial charge in [0.1, 0.15) is 23.6 Å². The van der Waals surface area contributed by atoms with Crippen LogP contribution in [0.5, 0.6) is 0 Å². The molecule has 118 valence electrons. The number of carbonyl (C=O) groups is 1. The van der Waals surface area contributed by atoms with Gasteiger partial charge in [0, 0.05) is 31.5 Å². The topological polar surface area (TPSA) is 84.2 Å². The summed E-state index contributed by atoms with van der Waals surface area (Å²) in [6, 6.07) is 3.56. The second-order valence-corrected chi connectivity index (χ2v) is 5.43. The van der Waals surface area contributed by atoms with Gasteiger partial charge in [-0.3, -0.25) is 9.78 Å². The Hall–Kier alpha value is -2.96. The van der Waals surface area contributed by atoms with Gasteiger partial charge in [-0.05, 0) is 26.0 Å². The highest BCUT2D eigenvalue weighted by atomic mass is 16.3. The van der Waals surface area contributed by atoms with Gasteiger partial charge >= 0.3 is 0 Å². The van der Waals surface area contributed by atoms with Crippen LogP contribution in [0.25, 0.3) is 11.1 Å². The Morgan fingerprint density at radius 1 is 1.22 bits per heavy atom. The Labute approximate surface area is 133 Å². The Bertz CT molecular complexity index is 885. The normalized spacial score (nSPS) is 10.8. The molecule has 0 bridgehead atoms. The van der Waals surface area contributed by atoms with Crippen molar-refractivity contribution in [2.45, 2.75) is 13.8 Å². The van der Waals surface area contributed by atoms with Gasteiger partial charge in [0.2, 0.25) is 5.71 Å². The van der Waals surface area contributed by atoms with Crippen molar-refractivity contribution >= 4 is 28.5 Å². The van der Waals surface area contributed by atoms with Gasteiger partial charge in [0.05, 0.1) is 5.39 Å². The molecule has 0 aliphatic heterocycles. The molecule has 1 amide bonds. The lowest BCUT2D eigenvalue weighted by Gasteiger charge is -2.12. The monoisotopic (exact) mass is 311 g/mol. The first-order chi connectivity index (χ1) is 11.0. The van der Waals surface area contributed by atoms with Crippen LogP contribution in [0.2, 0.25) is 0 Å². The van der Waals surface area contributed by atoms with Gasteiger partial charge in [0.15, 0.2) is 0 Å². The summed E-state index contributed by atoms with van der Waals surface area (Å²) in [5.41, 5.74) is 2.58. The Morgan fingerprint density at radius 3 is 2.74 bits per heavy atom. The van der Waals surface area contributed by atoms with Crippen LogP contribution in [0.1, 0.15) is 21.8 Å². The van der Waals surface area contributed by atoms with E-state index in [-0.39, 0.29) is 5.91 Å². The second kappa shape index (κ2) is 5.68. The van der Waals surface area contributed by atoms with Crippen molar-refractivity contribution < 1.29 is 9.21 Å². The number of nitrogens with zero attached hydrogens (tertiary/aromatic N) is 4. The highest BCUT2D eigenvalue weighted by Gasteiger charge is 2.17. The predicted octanol–water partition coefficient (Wildman–Crippen LogP) is 2.55. The number of amides is 1. The average Bonchev–Trinajstić information content (AvgIpc) is 2.83. The fourth-order valence-corrected chi connectivity index (χ4v) is 2.27.